The molecule has 0 N–H and O–H groups in total. The van der Waals surface area contributed by atoms with Crippen LogP contribution in [0.25, 0.3) is 105 Å². The lowest BCUT2D eigenvalue weighted by molar-refractivity contribution is 1.01. The van der Waals surface area contributed by atoms with Crippen LogP contribution in [-0.4, -0.2) is 23.7 Å². The van der Waals surface area contributed by atoms with Crippen LogP contribution in [0.3, 0.4) is 0 Å². The minimum absolute atomic E-state index is 0.101. The molecule has 0 saturated heterocycles. The first-order chi connectivity index (χ1) is 28.2. The van der Waals surface area contributed by atoms with Gasteiger partial charge in [-0.3, -0.25) is 13.9 Å². The molecular formula is C51H31N5O. The molecule has 0 amide bonds. The largest absolute Gasteiger partial charge is 0.309 e. The van der Waals surface area contributed by atoms with Crippen molar-refractivity contribution in [3.05, 3.63) is 198 Å². The number of pyridine rings is 1. The van der Waals surface area contributed by atoms with Gasteiger partial charge in [0.05, 0.1) is 44.2 Å². The minimum Gasteiger partial charge on any atom is -0.309 e. The summed E-state index contributed by atoms with van der Waals surface area (Å²) in [6, 6.07) is 64.4. The van der Waals surface area contributed by atoms with Crippen LogP contribution in [0, 0.1) is 0 Å². The Balaban J connectivity index is 1.31. The summed E-state index contributed by atoms with van der Waals surface area (Å²) in [6.07, 6.45) is 0. The van der Waals surface area contributed by atoms with E-state index in [1.54, 1.807) is 0 Å². The monoisotopic (exact) mass is 729 g/mol. The highest BCUT2D eigenvalue weighted by molar-refractivity contribution is 6.23. The number of fused-ring (bicyclic) bond motifs is 11. The number of hydrogen-bond donors (Lipinski definition) is 0. The summed E-state index contributed by atoms with van der Waals surface area (Å²) >= 11 is 0. The third-order valence-corrected chi connectivity index (χ3v) is 11.4. The van der Waals surface area contributed by atoms with Crippen LogP contribution in [0.4, 0.5) is 0 Å². The zero-order valence-corrected chi connectivity index (χ0v) is 30.5. The number of rotatable bonds is 4. The summed E-state index contributed by atoms with van der Waals surface area (Å²) < 4.78 is 6.29. The molecule has 0 aliphatic heterocycles. The summed E-state index contributed by atoms with van der Waals surface area (Å²) in [7, 11) is 0. The van der Waals surface area contributed by atoms with Gasteiger partial charge >= 0.3 is 0 Å². The number of aromatic nitrogens is 5. The van der Waals surface area contributed by atoms with Crippen LogP contribution in [0.5, 0.6) is 0 Å². The van der Waals surface area contributed by atoms with E-state index >= 15 is 4.79 Å². The topological polar surface area (TPSA) is 57.6 Å². The van der Waals surface area contributed by atoms with Crippen molar-refractivity contribution in [1.82, 2.24) is 23.7 Å². The van der Waals surface area contributed by atoms with E-state index in [2.05, 4.69) is 124 Å². The molecule has 0 spiro atoms. The van der Waals surface area contributed by atoms with E-state index < -0.39 is 0 Å². The number of nitrogens with zero attached hydrogens (tertiary/aromatic N) is 5. The van der Waals surface area contributed by atoms with Gasteiger partial charge in [-0.2, -0.15) is 0 Å². The first-order valence-corrected chi connectivity index (χ1v) is 19.1. The second-order valence-electron chi connectivity index (χ2n) is 14.5. The molecular weight excluding hydrogens is 699 g/mol. The summed E-state index contributed by atoms with van der Waals surface area (Å²) in [5.41, 5.74) is 8.98. The first-order valence-electron chi connectivity index (χ1n) is 19.1. The van der Waals surface area contributed by atoms with Gasteiger partial charge in [0.15, 0.2) is 0 Å². The third kappa shape index (κ3) is 4.55. The average Bonchev–Trinajstić information content (AvgIpc) is 3.79. The van der Waals surface area contributed by atoms with Crippen molar-refractivity contribution in [3.63, 3.8) is 0 Å². The molecule has 0 fully saturated rings. The summed E-state index contributed by atoms with van der Waals surface area (Å²) in [5, 5.41) is 7.79. The van der Waals surface area contributed by atoms with Crippen LogP contribution in [0.1, 0.15) is 0 Å². The molecule has 0 unspecified atom stereocenters. The van der Waals surface area contributed by atoms with Crippen LogP contribution in [0.2, 0.25) is 0 Å². The van der Waals surface area contributed by atoms with E-state index in [0.29, 0.717) is 11.3 Å². The molecule has 0 bridgehead atoms. The van der Waals surface area contributed by atoms with Crippen molar-refractivity contribution in [2.45, 2.75) is 0 Å². The fourth-order valence-electron chi connectivity index (χ4n) is 9.00. The lowest BCUT2D eigenvalue weighted by atomic mass is 10.0. The standard InChI is InChI=1S/C51H31N5O/c57-50-47-40-31-44-39(37-24-12-14-26-42(37)54(44)34-19-6-2-7-20-34)30-45(40)56(49(47)38-25-13-15-27-43(38)55(50)35-21-8-3-9-22-35)51-52-41-29-28-32-16-10-11-23-36(32)46(41)48(53-51)33-17-4-1-5-18-33/h1-31H. The zero-order valence-electron chi connectivity index (χ0n) is 30.5. The lowest BCUT2D eigenvalue weighted by Crippen LogP contribution is -2.19. The molecule has 4 heterocycles. The molecule has 6 nitrogen and oxygen atoms in total. The summed E-state index contributed by atoms with van der Waals surface area (Å²) in [4.78, 5) is 26.3. The van der Waals surface area contributed by atoms with Gasteiger partial charge in [-0.15, -0.1) is 0 Å². The van der Waals surface area contributed by atoms with Gasteiger partial charge in [-0.1, -0.05) is 133 Å². The van der Waals surface area contributed by atoms with Crippen molar-refractivity contribution < 1.29 is 0 Å². The maximum atomic E-state index is 15.4. The lowest BCUT2D eigenvalue weighted by Gasteiger charge is -2.15. The van der Waals surface area contributed by atoms with Crippen LogP contribution < -0.4 is 5.56 Å². The Hall–Kier alpha value is -7.83. The van der Waals surface area contributed by atoms with E-state index in [0.717, 1.165) is 93.4 Å². The smallest absolute Gasteiger partial charge is 0.265 e. The van der Waals surface area contributed by atoms with Crippen molar-refractivity contribution in [1.29, 1.82) is 0 Å². The molecule has 0 saturated carbocycles. The van der Waals surface area contributed by atoms with E-state index in [1.165, 1.54) is 0 Å². The van der Waals surface area contributed by atoms with Crippen LogP contribution >= 0.6 is 0 Å². The normalized spacial score (nSPS) is 11.9. The Bertz CT molecular complexity index is 3640. The highest BCUT2D eigenvalue weighted by atomic mass is 16.1. The van der Waals surface area contributed by atoms with Crippen molar-refractivity contribution in [2.75, 3.05) is 0 Å². The predicted octanol–water partition coefficient (Wildman–Crippen LogP) is 11.9. The molecule has 4 aromatic heterocycles. The number of para-hydroxylation sites is 4. The summed E-state index contributed by atoms with van der Waals surface area (Å²) in [5.74, 6) is 0.504. The molecule has 6 heteroatoms. The van der Waals surface area contributed by atoms with E-state index in [9.17, 15) is 0 Å². The van der Waals surface area contributed by atoms with Crippen molar-refractivity contribution in [2.24, 2.45) is 0 Å². The van der Waals surface area contributed by atoms with Gasteiger partial charge in [0, 0.05) is 43.9 Å². The zero-order chi connectivity index (χ0) is 37.6. The van der Waals surface area contributed by atoms with E-state index in [1.807, 2.05) is 77.4 Å². The van der Waals surface area contributed by atoms with Crippen LogP contribution in [0.15, 0.2) is 193 Å². The Morgan fingerprint density at radius 2 is 0.947 bits per heavy atom. The van der Waals surface area contributed by atoms with E-state index in [-0.39, 0.29) is 5.56 Å². The number of hydrogen-bond acceptors (Lipinski definition) is 3. The Morgan fingerprint density at radius 1 is 0.386 bits per heavy atom. The fourth-order valence-corrected chi connectivity index (χ4v) is 9.00. The molecule has 8 aromatic carbocycles. The first kappa shape index (κ1) is 31.5. The molecule has 0 aliphatic carbocycles. The average molecular weight is 730 g/mol. The Labute approximate surface area is 325 Å². The molecule has 0 radical (unpaired) electrons. The molecule has 12 rings (SSSR count). The summed E-state index contributed by atoms with van der Waals surface area (Å²) in [6.45, 7) is 0. The second-order valence-corrected chi connectivity index (χ2v) is 14.5. The fraction of sp³-hybridized carbons (Fsp3) is 0. The van der Waals surface area contributed by atoms with Gasteiger partial charge in [-0.05, 0) is 65.4 Å². The Morgan fingerprint density at radius 3 is 1.68 bits per heavy atom. The SMILES string of the molecule is O=c1c2c3cc4c(cc3n(-c3nc(-c5ccccc5)c5c(ccc6ccccc65)n3)c2c2ccccc2n1-c1ccccc1)c1ccccc1n4-c1ccccc1. The second kappa shape index (κ2) is 12.1. The molecule has 57 heavy (non-hydrogen) atoms. The molecule has 12 aromatic rings. The van der Waals surface area contributed by atoms with Gasteiger partial charge in [0.2, 0.25) is 5.95 Å². The predicted molar refractivity (Wildman–Crippen MR) is 234 cm³/mol. The maximum Gasteiger partial charge on any atom is 0.265 e. The third-order valence-electron chi connectivity index (χ3n) is 11.4. The molecule has 0 aliphatic rings. The van der Waals surface area contributed by atoms with Gasteiger partial charge in [-0.25, -0.2) is 9.97 Å². The van der Waals surface area contributed by atoms with Crippen molar-refractivity contribution >= 4 is 76.2 Å². The van der Waals surface area contributed by atoms with Gasteiger partial charge < -0.3 is 4.57 Å². The molecule has 266 valence electrons. The number of benzene rings is 8. The molecule has 0 atom stereocenters. The quantitative estimate of drug-likeness (QED) is 0.170. The van der Waals surface area contributed by atoms with Crippen molar-refractivity contribution in [3.8, 4) is 28.6 Å². The highest BCUT2D eigenvalue weighted by Gasteiger charge is 2.26. The minimum atomic E-state index is -0.101. The van der Waals surface area contributed by atoms with E-state index in [4.69, 9.17) is 9.97 Å². The van der Waals surface area contributed by atoms with Gasteiger partial charge in [0.1, 0.15) is 0 Å². The Kier molecular flexibility index (Phi) is 6.68. The van der Waals surface area contributed by atoms with Crippen LogP contribution in [-0.2, 0) is 0 Å². The maximum absolute atomic E-state index is 15.4. The van der Waals surface area contributed by atoms with Gasteiger partial charge in [0.25, 0.3) is 5.56 Å². The highest BCUT2D eigenvalue weighted by Crippen LogP contribution is 2.41.